The Hall–Kier alpha value is -1.75. The maximum Gasteiger partial charge on any atom is 0.393 e. The van der Waals surface area contributed by atoms with Crippen molar-refractivity contribution in [3.8, 4) is 0 Å². The van der Waals surface area contributed by atoms with Crippen LogP contribution in [0, 0.1) is 11.8 Å². The Labute approximate surface area is 140 Å². The van der Waals surface area contributed by atoms with Gasteiger partial charge in [0.2, 0.25) is 10.0 Å². The van der Waals surface area contributed by atoms with Crippen LogP contribution < -0.4 is 0 Å². The van der Waals surface area contributed by atoms with Gasteiger partial charge in [-0.1, -0.05) is 24.3 Å². The fourth-order valence-corrected chi connectivity index (χ4v) is 4.21. The van der Waals surface area contributed by atoms with E-state index in [1.165, 1.54) is 0 Å². The topological polar surface area (TPSA) is 74.7 Å². The zero-order valence-electron chi connectivity index (χ0n) is 12.6. The number of sulfonamides is 1. The van der Waals surface area contributed by atoms with Crippen LogP contribution in [-0.4, -0.2) is 43.1 Å². The van der Waals surface area contributed by atoms with Crippen LogP contribution in [0.3, 0.4) is 0 Å². The molecule has 5 nitrogen and oxygen atoms in total. The van der Waals surface area contributed by atoms with E-state index < -0.39 is 59.3 Å². The van der Waals surface area contributed by atoms with Gasteiger partial charge in [-0.3, -0.25) is 4.79 Å². The Morgan fingerprint density at radius 3 is 2.16 bits per heavy atom. The normalized spacial score (nSPS) is 22.5. The largest absolute Gasteiger partial charge is 0.481 e. The maximum absolute atomic E-state index is 12.9. The average molecular weight is 387 g/mol. The molecule has 1 fully saturated rings. The van der Waals surface area contributed by atoms with E-state index >= 15 is 0 Å². The van der Waals surface area contributed by atoms with Crippen molar-refractivity contribution in [2.24, 2.45) is 11.8 Å². The lowest BCUT2D eigenvalue weighted by Crippen LogP contribution is -2.34. The van der Waals surface area contributed by atoms with E-state index in [0.717, 1.165) is 24.3 Å². The van der Waals surface area contributed by atoms with Crippen LogP contribution in [0.4, 0.5) is 22.0 Å². The lowest BCUT2D eigenvalue weighted by atomic mass is 9.96. The molecular weight excluding hydrogens is 373 g/mol. The fraction of sp³-hybridized carbons (Fsp3) is 0.500. The van der Waals surface area contributed by atoms with Crippen LogP contribution >= 0.6 is 0 Å². The Morgan fingerprint density at radius 1 is 1.20 bits per heavy atom. The summed E-state index contributed by atoms with van der Waals surface area (Å²) in [6.07, 6.45) is -7.57. The van der Waals surface area contributed by atoms with E-state index in [1.807, 2.05) is 0 Å². The molecule has 1 aromatic carbocycles. The number of hydrogen-bond donors (Lipinski definition) is 1. The van der Waals surface area contributed by atoms with Gasteiger partial charge in [-0.05, 0) is 5.56 Å². The zero-order chi connectivity index (χ0) is 19.0. The van der Waals surface area contributed by atoms with Crippen molar-refractivity contribution in [3.05, 3.63) is 35.4 Å². The second-order valence-electron chi connectivity index (χ2n) is 5.71. The molecular formula is C14H14F5NO4S. The van der Waals surface area contributed by atoms with Gasteiger partial charge in [0.05, 0.1) is 17.6 Å². The van der Waals surface area contributed by atoms with Gasteiger partial charge >= 0.3 is 12.1 Å². The number of aliphatic carboxylic acids is 1. The highest BCUT2D eigenvalue weighted by Crippen LogP contribution is 2.39. The minimum absolute atomic E-state index is 0.117. The van der Waals surface area contributed by atoms with Crippen molar-refractivity contribution in [3.63, 3.8) is 0 Å². The van der Waals surface area contributed by atoms with Gasteiger partial charge in [-0.15, -0.1) is 0 Å². The molecule has 0 aliphatic carbocycles. The van der Waals surface area contributed by atoms with Gasteiger partial charge < -0.3 is 5.11 Å². The summed E-state index contributed by atoms with van der Waals surface area (Å²) >= 11 is 0. The Balaban J connectivity index is 2.18. The molecule has 11 heteroatoms. The smallest absolute Gasteiger partial charge is 0.393 e. The highest BCUT2D eigenvalue weighted by molar-refractivity contribution is 7.88. The predicted molar refractivity (Wildman–Crippen MR) is 76.3 cm³/mol. The van der Waals surface area contributed by atoms with E-state index in [4.69, 9.17) is 5.11 Å². The van der Waals surface area contributed by atoms with Crippen molar-refractivity contribution in [1.29, 1.82) is 0 Å². The SMILES string of the molecule is O=C(O)[C@@H]1CN(S(=O)(=O)Cc2ccc(C(F)F)cc2)C[C@H]1C(F)(F)F. The molecule has 0 aromatic heterocycles. The summed E-state index contributed by atoms with van der Waals surface area (Å²) in [5.74, 6) is -6.59. The molecule has 0 radical (unpaired) electrons. The van der Waals surface area contributed by atoms with Crippen molar-refractivity contribution in [2.75, 3.05) is 13.1 Å². The summed E-state index contributed by atoms with van der Waals surface area (Å²) in [6.45, 7) is -1.76. The molecule has 1 heterocycles. The number of benzene rings is 1. The van der Waals surface area contributed by atoms with Crippen molar-refractivity contribution >= 4 is 16.0 Å². The van der Waals surface area contributed by atoms with Gasteiger partial charge in [0.15, 0.2) is 0 Å². The summed E-state index contributed by atoms with van der Waals surface area (Å²) in [7, 11) is -4.22. The molecule has 1 saturated heterocycles. The second-order valence-corrected chi connectivity index (χ2v) is 7.68. The van der Waals surface area contributed by atoms with E-state index in [0.29, 0.717) is 4.31 Å². The molecule has 0 unspecified atom stereocenters. The number of hydrogen-bond acceptors (Lipinski definition) is 3. The number of carbonyl (C=O) groups is 1. The quantitative estimate of drug-likeness (QED) is 0.789. The first-order valence-electron chi connectivity index (χ1n) is 7.06. The zero-order valence-corrected chi connectivity index (χ0v) is 13.4. The monoisotopic (exact) mass is 387 g/mol. The summed E-state index contributed by atoms with van der Waals surface area (Å²) in [4.78, 5) is 11.0. The lowest BCUT2D eigenvalue weighted by Gasteiger charge is -2.18. The number of halogens is 5. The van der Waals surface area contributed by atoms with Crippen LogP contribution in [-0.2, 0) is 20.6 Å². The first-order valence-corrected chi connectivity index (χ1v) is 8.67. The highest BCUT2D eigenvalue weighted by atomic mass is 32.2. The lowest BCUT2D eigenvalue weighted by molar-refractivity contribution is -0.187. The summed E-state index contributed by atoms with van der Waals surface area (Å²) in [5.41, 5.74) is -0.197. The van der Waals surface area contributed by atoms with Gasteiger partial charge in [-0.25, -0.2) is 21.5 Å². The average Bonchev–Trinajstić information content (AvgIpc) is 2.93. The molecule has 0 spiro atoms. The third kappa shape index (κ3) is 4.46. The molecule has 25 heavy (non-hydrogen) atoms. The molecule has 2 rings (SSSR count). The maximum atomic E-state index is 12.9. The third-order valence-electron chi connectivity index (χ3n) is 4.00. The van der Waals surface area contributed by atoms with Crippen LogP contribution in [0.25, 0.3) is 0 Å². The molecule has 2 atom stereocenters. The molecule has 0 bridgehead atoms. The minimum Gasteiger partial charge on any atom is -0.481 e. The number of nitrogens with zero attached hydrogens (tertiary/aromatic N) is 1. The molecule has 1 aliphatic rings. The molecule has 1 aromatic rings. The second kappa shape index (κ2) is 6.87. The summed E-state index contributed by atoms with van der Waals surface area (Å²) < 4.78 is 88.8. The van der Waals surface area contributed by atoms with Crippen LogP contribution in [0.1, 0.15) is 17.6 Å². The Bertz CT molecular complexity index is 733. The number of alkyl halides is 5. The fourth-order valence-electron chi connectivity index (χ4n) is 2.64. The highest BCUT2D eigenvalue weighted by Gasteiger charge is 2.54. The molecule has 0 saturated carbocycles. The Kier molecular flexibility index (Phi) is 5.38. The van der Waals surface area contributed by atoms with Crippen molar-refractivity contribution < 1.29 is 40.3 Å². The third-order valence-corrected chi connectivity index (χ3v) is 5.78. The van der Waals surface area contributed by atoms with Crippen molar-refractivity contribution in [1.82, 2.24) is 4.31 Å². The van der Waals surface area contributed by atoms with Gasteiger partial charge in [0.1, 0.15) is 0 Å². The minimum atomic E-state index is -4.84. The van der Waals surface area contributed by atoms with Gasteiger partial charge in [0, 0.05) is 18.7 Å². The number of carboxylic acids is 1. The van der Waals surface area contributed by atoms with Crippen molar-refractivity contribution in [2.45, 2.75) is 18.4 Å². The van der Waals surface area contributed by atoms with Gasteiger partial charge in [0.25, 0.3) is 6.43 Å². The van der Waals surface area contributed by atoms with Gasteiger partial charge in [-0.2, -0.15) is 13.2 Å². The van der Waals surface area contributed by atoms with E-state index in [-0.39, 0.29) is 11.1 Å². The van der Waals surface area contributed by atoms with E-state index in [1.54, 1.807) is 0 Å². The molecule has 140 valence electrons. The number of rotatable bonds is 5. The molecule has 0 amide bonds. The predicted octanol–water partition coefficient (Wildman–Crippen LogP) is 2.65. The summed E-state index contributed by atoms with van der Waals surface area (Å²) in [5, 5.41) is 8.91. The molecule has 1 aliphatic heterocycles. The number of carboxylic acid groups (broad SMARTS) is 1. The Morgan fingerprint density at radius 2 is 1.76 bits per heavy atom. The van der Waals surface area contributed by atoms with E-state index in [9.17, 15) is 35.2 Å². The first kappa shape index (κ1) is 19.6. The standard InChI is InChI=1S/C14H14F5NO4S/c15-12(16)9-3-1-8(2-4-9)7-25(23,24)20-5-10(13(21)22)11(6-20)14(17,18)19/h1-4,10-12H,5-7H2,(H,21,22)/t10-,11-/m1/s1. The van der Waals surface area contributed by atoms with Crippen LogP contribution in [0.5, 0.6) is 0 Å². The molecule has 1 N–H and O–H groups in total. The van der Waals surface area contributed by atoms with E-state index in [2.05, 4.69) is 0 Å². The summed E-state index contributed by atoms with van der Waals surface area (Å²) in [6, 6.07) is 4.34. The van der Waals surface area contributed by atoms with Crippen LogP contribution in [0.2, 0.25) is 0 Å². The first-order chi connectivity index (χ1) is 11.4. The van der Waals surface area contributed by atoms with Crippen LogP contribution in [0.15, 0.2) is 24.3 Å².